The van der Waals surface area contributed by atoms with Gasteiger partial charge < -0.3 is 0 Å². The van der Waals surface area contributed by atoms with Crippen molar-refractivity contribution in [2.45, 2.75) is 6.18 Å². The summed E-state index contributed by atoms with van der Waals surface area (Å²) >= 11 is 0. The molecule has 0 bridgehead atoms. The summed E-state index contributed by atoms with van der Waals surface area (Å²) < 4.78 is 38.1. The molecule has 0 amide bonds. The molecule has 4 aromatic rings. The molecule has 0 spiro atoms. The van der Waals surface area contributed by atoms with Gasteiger partial charge in [0.25, 0.3) is 0 Å². The normalized spacial score (nSPS) is 11.8. The third-order valence-corrected chi connectivity index (χ3v) is 4.92. The van der Waals surface area contributed by atoms with Crippen LogP contribution >= 0.6 is 0 Å². The smallest absolute Gasteiger partial charge is 0.289 e. The molecule has 0 aliphatic rings. The summed E-state index contributed by atoms with van der Waals surface area (Å²) in [4.78, 5) is 12.5. The Hall–Kier alpha value is -3.66. The van der Waals surface area contributed by atoms with Crippen molar-refractivity contribution in [2.75, 3.05) is 0 Å². The van der Waals surface area contributed by atoms with Crippen LogP contribution in [0, 0.1) is 0 Å². The molecule has 0 heterocycles. The summed E-state index contributed by atoms with van der Waals surface area (Å²) in [5.41, 5.74) is 2.29. The standard InChI is InChI=1S/C26H17F3O/c27-26(28,29)24-14-12-21(13-15-24)20-8-5-18(6-9-20)7-16-25(30)23-11-10-19-3-1-2-4-22(19)17-23/h1-17H/b16-7+. The first-order valence-corrected chi connectivity index (χ1v) is 9.39. The van der Waals surface area contributed by atoms with E-state index in [1.807, 2.05) is 66.7 Å². The third-order valence-electron chi connectivity index (χ3n) is 4.92. The Morgan fingerprint density at radius 3 is 1.93 bits per heavy atom. The molecule has 4 rings (SSSR count). The van der Waals surface area contributed by atoms with E-state index < -0.39 is 11.7 Å². The van der Waals surface area contributed by atoms with Gasteiger partial charge in [-0.3, -0.25) is 4.79 Å². The SMILES string of the molecule is O=C(/C=C/c1ccc(-c2ccc(C(F)(F)F)cc2)cc1)c1ccc2ccccc2c1. The Labute approximate surface area is 172 Å². The highest BCUT2D eigenvalue weighted by molar-refractivity contribution is 6.08. The van der Waals surface area contributed by atoms with Gasteiger partial charge in [-0.2, -0.15) is 13.2 Å². The fourth-order valence-corrected chi connectivity index (χ4v) is 3.25. The van der Waals surface area contributed by atoms with Crippen LogP contribution in [0.5, 0.6) is 0 Å². The van der Waals surface area contributed by atoms with Crippen molar-refractivity contribution in [1.82, 2.24) is 0 Å². The minimum atomic E-state index is -4.34. The van der Waals surface area contributed by atoms with Gasteiger partial charge in [-0.25, -0.2) is 0 Å². The Balaban J connectivity index is 1.48. The van der Waals surface area contributed by atoms with E-state index in [0.29, 0.717) is 11.1 Å². The molecule has 4 aromatic carbocycles. The molecule has 1 nitrogen and oxygen atoms in total. The summed E-state index contributed by atoms with van der Waals surface area (Å²) in [7, 11) is 0. The lowest BCUT2D eigenvalue weighted by molar-refractivity contribution is -0.137. The second kappa shape index (κ2) is 7.99. The fraction of sp³-hybridized carbons (Fsp3) is 0.0385. The summed E-state index contributed by atoms with van der Waals surface area (Å²) in [5.74, 6) is -0.0902. The van der Waals surface area contributed by atoms with Gasteiger partial charge in [0.2, 0.25) is 0 Å². The van der Waals surface area contributed by atoms with E-state index >= 15 is 0 Å². The molecular formula is C26H17F3O. The highest BCUT2D eigenvalue weighted by atomic mass is 19.4. The minimum absolute atomic E-state index is 0.0902. The second-order valence-corrected chi connectivity index (χ2v) is 6.96. The Morgan fingerprint density at radius 2 is 1.30 bits per heavy atom. The predicted octanol–water partition coefficient (Wildman–Crippen LogP) is 7.42. The molecule has 4 heteroatoms. The van der Waals surface area contributed by atoms with E-state index in [1.165, 1.54) is 18.2 Å². The van der Waals surface area contributed by atoms with Crippen LogP contribution < -0.4 is 0 Å². The zero-order valence-corrected chi connectivity index (χ0v) is 15.9. The van der Waals surface area contributed by atoms with Crippen LogP contribution in [-0.4, -0.2) is 5.78 Å². The topological polar surface area (TPSA) is 17.1 Å². The van der Waals surface area contributed by atoms with Gasteiger partial charge in [0.05, 0.1) is 5.56 Å². The van der Waals surface area contributed by atoms with Crippen LogP contribution in [0.15, 0.2) is 97.1 Å². The van der Waals surface area contributed by atoms with Crippen LogP contribution in [0.1, 0.15) is 21.5 Å². The van der Waals surface area contributed by atoms with Crippen LogP contribution in [-0.2, 0) is 6.18 Å². The Kier molecular flexibility index (Phi) is 5.23. The zero-order valence-electron chi connectivity index (χ0n) is 15.9. The lowest BCUT2D eigenvalue weighted by Crippen LogP contribution is -2.03. The van der Waals surface area contributed by atoms with Crippen molar-refractivity contribution in [1.29, 1.82) is 0 Å². The van der Waals surface area contributed by atoms with Crippen molar-refractivity contribution in [3.63, 3.8) is 0 Å². The molecule has 0 aliphatic heterocycles. The average molecular weight is 402 g/mol. The van der Waals surface area contributed by atoms with E-state index in [1.54, 1.807) is 6.08 Å². The number of ketones is 1. The first-order chi connectivity index (χ1) is 14.4. The van der Waals surface area contributed by atoms with E-state index in [-0.39, 0.29) is 5.78 Å². The molecule has 0 aliphatic carbocycles. The number of hydrogen-bond acceptors (Lipinski definition) is 1. The molecule has 0 radical (unpaired) electrons. The first-order valence-electron chi connectivity index (χ1n) is 9.39. The average Bonchev–Trinajstić information content (AvgIpc) is 2.77. The predicted molar refractivity (Wildman–Crippen MR) is 114 cm³/mol. The highest BCUT2D eigenvalue weighted by Crippen LogP contribution is 2.31. The number of benzene rings is 4. The third kappa shape index (κ3) is 4.33. The van der Waals surface area contributed by atoms with Gasteiger partial charge in [-0.1, -0.05) is 78.9 Å². The molecular weight excluding hydrogens is 385 g/mol. The van der Waals surface area contributed by atoms with Crippen molar-refractivity contribution in [3.8, 4) is 11.1 Å². The maximum Gasteiger partial charge on any atom is 0.416 e. The molecule has 0 saturated heterocycles. The summed E-state index contributed by atoms with van der Waals surface area (Å²) in [6, 6.07) is 25.8. The summed E-state index contributed by atoms with van der Waals surface area (Å²) in [5, 5.41) is 2.09. The van der Waals surface area contributed by atoms with Gasteiger partial charge in [0.15, 0.2) is 5.78 Å². The number of carbonyl (C=O) groups excluding carboxylic acids is 1. The first kappa shape index (κ1) is 19.6. The minimum Gasteiger partial charge on any atom is -0.289 e. The number of alkyl halides is 3. The molecule has 0 saturated carbocycles. The van der Waals surface area contributed by atoms with Crippen molar-refractivity contribution < 1.29 is 18.0 Å². The van der Waals surface area contributed by atoms with E-state index in [2.05, 4.69) is 0 Å². The number of carbonyl (C=O) groups is 1. The van der Waals surface area contributed by atoms with Gasteiger partial charge in [-0.05, 0) is 51.7 Å². The Bertz CT molecular complexity index is 1220. The molecule has 0 unspecified atom stereocenters. The van der Waals surface area contributed by atoms with Crippen molar-refractivity contribution >= 4 is 22.6 Å². The van der Waals surface area contributed by atoms with Crippen molar-refractivity contribution in [2.24, 2.45) is 0 Å². The van der Waals surface area contributed by atoms with Crippen LogP contribution in [0.3, 0.4) is 0 Å². The van der Waals surface area contributed by atoms with E-state index in [4.69, 9.17) is 0 Å². The molecule has 30 heavy (non-hydrogen) atoms. The van der Waals surface area contributed by atoms with E-state index in [9.17, 15) is 18.0 Å². The van der Waals surface area contributed by atoms with Gasteiger partial charge in [0, 0.05) is 5.56 Å². The van der Waals surface area contributed by atoms with Gasteiger partial charge >= 0.3 is 6.18 Å². The maximum atomic E-state index is 12.7. The maximum absolute atomic E-state index is 12.7. The van der Waals surface area contributed by atoms with Gasteiger partial charge in [0.1, 0.15) is 0 Å². The van der Waals surface area contributed by atoms with Crippen molar-refractivity contribution in [3.05, 3.63) is 114 Å². The van der Waals surface area contributed by atoms with Crippen LogP contribution in [0.25, 0.3) is 28.0 Å². The second-order valence-electron chi connectivity index (χ2n) is 6.96. The monoisotopic (exact) mass is 402 g/mol. The molecule has 0 fully saturated rings. The van der Waals surface area contributed by atoms with Crippen LogP contribution in [0.2, 0.25) is 0 Å². The number of halogens is 3. The summed E-state index contributed by atoms with van der Waals surface area (Å²) in [6.07, 6.45) is -1.09. The number of rotatable bonds is 4. The largest absolute Gasteiger partial charge is 0.416 e. The fourth-order valence-electron chi connectivity index (χ4n) is 3.25. The van der Waals surface area contributed by atoms with E-state index in [0.717, 1.165) is 34.0 Å². The molecule has 0 aromatic heterocycles. The number of allylic oxidation sites excluding steroid dienone is 1. The number of fused-ring (bicyclic) bond motifs is 1. The summed E-state index contributed by atoms with van der Waals surface area (Å²) in [6.45, 7) is 0. The zero-order chi connectivity index (χ0) is 21.1. The van der Waals surface area contributed by atoms with Crippen LogP contribution in [0.4, 0.5) is 13.2 Å². The lowest BCUT2D eigenvalue weighted by atomic mass is 10.0. The quantitative estimate of drug-likeness (QED) is 0.256. The highest BCUT2D eigenvalue weighted by Gasteiger charge is 2.29. The molecule has 0 N–H and O–H groups in total. The van der Waals surface area contributed by atoms with Gasteiger partial charge in [-0.15, -0.1) is 0 Å². The Morgan fingerprint density at radius 1 is 0.700 bits per heavy atom. The lowest BCUT2D eigenvalue weighted by Gasteiger charge is -2.08. The molecule has 148 valence electrons. The number of hydrogen-bond donors (Lipinski definition) is 0. The molecule has 0 atom stereocenters.